The van der Waals surface area contributed by atoms with Gasteiger partial charge in [-0.05, 0) is 43.3 Å². The maximum atomic E-state index is 4.72. The Morgan fingerprint density at radius 3 is 2.07 bits per heavy atom. The number of anilines is 3. The van der Waals surface area contributed by atoms with Gasteiger partial charge in [0.2, 0.25) is 0 Å². The smallest absolute Gasteiger partial charge is 0.0935 e. The molecular formula is C24H28N4. The van der Waals surface area contributed by atoms with Crippen LogP contribution in [0, 0.1) is 6.92 Å². The highest BCUT2D eigenvalue weighted by molar-refractivity contribution is 5.76. The van der Waals surface area contributed by atoms with E-state index >= 15 is 0 Å². The second-order valence-electron chi connectivity index (χ2n) is 7.62. The van der Waals surface area contributed by atoms with Crippen molar-refractivity contribution in [2.75, 3.05) is 55.0 Å². The summed E-state index contributed by atoms with van der Waals surface area (Å²) in [6.45, 7) is 6.19. The van der Waals surface area contributed by atoms with Crippen molar-refractivity contribution in [2.45, 2.75) is 6.92 Å². The number of benzene rings is 2. The fraction of sp³-hybridized carbons (Fsp3) is 0.292. The number of nitrogens with zero attached hydrogens (tertiary/aromatic N) is 4. The molecule has 0 radical (unpaired) electrons. The van der Waals surface area contributed by atoms with Crippen molar-refractivity contribution in [2.24, 2.45) is 0 Å². The van der Waals surface area contributed by atoms with Crippen LogP contribution in [0.4, 0.5) is 17.1 Å². The third-order valence-corrected chi connectivity index (χ3v) is 5.46. The minimum atomic E-state index is 1.00. The van der Waals surface area contributed by atoms with E-state index in [1.54, 1.807) is 0 Å². The van der Waals surface area contributed by atoms with Crippen molar-refractivity contribution in [3.8, 4) is 11.3 Å². The highest BCUT2D eigenvalue weighted by Gasteiger charge is 2.20. The summed E-state index contributed by atoms with van der Waals surface area (Å²) in [6, 6.07) is 21.7. The predicted octanol–water partition coefficient (Wildman–Crippen LogP) is 4.45. The van der Waals surface area contributed by atoms with Gasteiger partial charge in [0.1, 0.15) is 0 Å². The van der Waals surface area contributed by atoms with Crippen molar-refractivity contribution in [1.29, 1.82) is 0 Å². The Hall–Kier alpha value is -3.01. The van der Waals surface area contributed by atoms with Crippen LogP contribution < -0.4 is 14.7 Å². The van der Waals surface area contributed by atoms with Gasteiger partial charge in [-0.3, -0.25) is 4.98 Å². The van der Waals surface area contributed by atoms with E-state index < -0.39 is 0 Å². The lowest BCUT2D eigenvalue weighted by molar-refractivity contribution is 0.653. The Morgan fingerprint density at radius 1 is 0.786 bits per heavy atom. The lowest BCUT2D eigenvalue weighted by Gasteiger charge is -2.38. The number of aromatic nitrogens is 1. The number of aryl methyl sites for hydroxylation is 1. The van der Waals surface area contributed by atoms with Crippen molar-refractivity contribution in [3.63, 3.8) is 0 Å². The second-order valence-corrected chi connectivity index (χ2v) is 7.62. The molecule has 0 spiro atoms. The molecule has 3 aromatic rings. The van der Waals surface area contributed by atoms with E-state index in [2.05, 4.69) is 90.3 Å². The van der Waals surface area contributed by atoms with E-state index in [1.165, 1.54) is 28.2 Å². The van der Waals surface area contributed by atoms with Crippen LogP contribution in [-0.4, -0.2) is 45.3 Å². The van der Waals surface area contributed by atoms with Crippen LogP contribution >= 0.6 is 0 Å². The fourth-order valence-corrected chi connectivity index (χ4v) is 3.75. The molecule has 1 saturated heterocycles. The van der Waals surface area contributed by atoms with E-state index in [0.29, 0.717) is 0 Å². The monoisotopic (exact) mass is 372 g/mol. The van der Waals surface area contributed by atoms with Crippen molar-refractivity contribution in [3.05, 3.63) is 72.4 Å². The summed E-state index contributed by atoms with van der Waals surface area (Å²) in [5.41, 5.74) is 7.29. The molecule has 4 rings (SSSR count). The maximum Gasteiger partial charge on any atom is 0.0935 e. The summed E-state index contributed by atoms with van der Waals surface area (Å²) in [5.74, 6) is 0. The van der Waals surface area contributed by atoms with Crippen molar-refractivity contribution >= 4 is 17.1 Å². The Morgan fingerprint density at radius 2 is 1.43 bits per heavy atom. The third kappa shape index (κ3) is 3.81. The molecule has 4 nitrogen and oxygen atoms in total. The molecule has 144 valence electrons. The lowest BCUT2D eigenvalue weighted by Crippen LogP contribution is -2.46. The summed E-state index contributed by atoms with van der Waals surface area (Å²) in [4.78, 5) is 11.8. The number of pyridine rings is 1. The van der Waals surface area contributed by atoms with Gasteiger partial charge < -0.3 is 14.7 Å². The molecule has 4 heteroatoms. The van der Waals surface area contributed by atoms with Crippen molar-refractivity contribution in [1.82, 2.24) is 4.98 Å². The molecule has 1 aliphatic heterocycles. The van der Waals surface area contributed by atoms with Gasteiger partial charge in [-0.2, -0.15) is 0 Å². The first-order chi connectivity index (χ1) is 13.6. The second kappa shape index (κ2) is 7.93. The van der Waals surface area contributed by atoms with Crippen LogP contribution in [0.15, 0.2) is 66.9 Å². The van der Waals surface area contributed by atoms with Crippen LogP contribution in [0.3, 0.4) is 0 Å². The zero-order valence-electron chi connectivity index (χ0n) is 17.0. The average molecular weight is 373 g/mol. The first-order valence-corrected chi connectivity index (χ1v) is 9.91. The molecule has 1 aliphatic rings. The Labute approximate surface area is 168 Å². The van der Waals surface area contributed by atoms with Crippen LogP contribution in [0.1, 0.15) is 5.56 Å². The minimum Gasteiger partial charge on any atom is -0.378 e. The molecular weight excluding hydrogens is 344 g/mol. The Kier molecular flexibility index (Phi) is 5.20. The van der Waals surface area contributed by atoms with Gasteiger partial charge in [0.25, 0.3) is 0 Å². The van der Waals surface area contributed by atoms with Crippen molar-refractivity contribution < 1.29 is 0 Å². The lowest BCUT2D eigenvalue weighted by atomic mass is 10.1. The van der Waals surface area contributed by atoms with Crippen LogP contribution in [0.25, 0.3) is 11.3 Å². The third-order valence-electron chi connectivity index (χ3n) is 5.46. The highest BCUT2D eigenvalue weighted by Crippen LogP contribution is 2.31. The SMILES string of the molecule is Cc1ccc(N2CCN(c3cccnc3-c3ccc(N(C)C)cc3)CC2)cc1. The average Bonchev–Trinajstić information content (AvgIpc) is 2.74. The highest BCUT2D eigenvalue weighted by atomic mass is 15.3. The van der Waals surface area contributed by atoms with E-state index in [-0.39, 0.29) is 0 Å². The molecule has 0 aliphatic carbocycles. The molecule has 1 fully saturated rings. The summed E-state index contributed by atoms with van der Waals surface area (Å²) < 4.78 is 0. The van der Waals surface area contributed by atoms with Gasteiger partial charge in [-0.1, -0.05) is 29.8 Å². The van der Waals surface area contributed by atoms with Crippen LogP contribution in [-0.2, 0) is 0 Å². The van der Waals surface area contributed by atoms with E-state index in [9.17, 15) is 0 Å². The predicted molar refractivity (Wildman–Crippen MR) is 120 cm³/mol. The summed E-state index contributed by atoms with van der Waals surface area (Å²) in [7, 11) is 4.13. The maximum absolute atomic E-state index is 4.72. The van der Waals surface area contributed by atoms with Gasteiger partial charge >= 0.3 is 0 Å². The van der Waals surface area contributed by atoms with E-state index in [4.69, 9.17) is 4.98 Å². The molecule has 28 heavy (non-hydrogen) atoms. The Balaban J connectivity index is 1.52. The molecule has 0 bridgehead atoms. The number of hydrogen-bond acceptors (Lipinski definition) is 4. The van der Waals surface area contributed by atoms with Gasteiger partial charge in [0.15, 0.2) is 0 Å². The van der Waals surface area contributed by atoms with Gasteiger partial charge in [-0.25, -0.2) is 0 Å². The summed E-state index contributed by atoms with van der Waals surface area (Å²) in [5, 5.41) is 0. The zero-order chi connectivity index (χ0) is 19.5. The molecule has 0 amide bonds. The molecule has 0 atom stereocenters. The molecule has 2 heterocycles. The molecule has 0 N–H and O–H groups in total. The fourth-order valence-electron chi connectivity index (χ4n) is 3.75. The standard InChI is InChI=1S/C24H28N4/c1-19-6-10-22(11-7-19)27-15-17-28(18-16-27)23-5-4-14-25-24(23)20-8-12-21(13-9-20)26(2)3/h4-14H,15-18H2,1-3H3. The minimum absolute atomic E-state index is 1.00. The van der Waals surface area contributed by atoms with Gasteiger partial charge in [0.05, 0.1) is 11.4 Å². The van der Waals surface area contributed by atoms with E-state index in [0.717, 1.165) is 31.9 Å². The zero-order valence-corrected chi connectivity index (χ0v) is 17.0. The first-order valence-electron chi connectivity index (χ1n) is 9.91. The van der Waals surface area contributed by atoms with Crippen LogP contribution in [0.5, 0.6) is 0 Å². The van der Waals surface area contributed by atoms with E-state index in [1.807, 2.05) is 12.3 Å². The molecule has 1 aromatic heterocycles. The molecule has 0 unspecified atom stereocenters. The largest absolute Gasteiger partial charge is 0.378 e. The number of hydrogen-bond donors (Lipinski definition) is 0. The number of rotatable bonds is 4. The quantitative estimate of drug-likeness (QED) is 0.675. The Bertz CT molecular complexity index is 908. The molecule has 0 saturated carbocycles. The van der Waals surface area contributed by atoms with Crippen LogP contribution in [0.2, 0.25) is 0 Å². The van der Waals surface area contributed by atoms with Gasteiger partial charge in [0, 0.05) is 63.4 Å². The summed E-state index contributed by atoms with van der Waals surface area (Å²) in [6.07, 6.45) is 1.89. The molecule has 2 aromatic carbocycles. The first kappa shape index (κ1) is 18.4. The normalized spacial score (nSPS) is 14.2. The topological polar surface area (TPSA) is 22.6 Å². The number of piperazine rings is 1. The van der Waals surface area contributed by atoms with Gasteiger partial charge in [-0.15, -0.1) is 0 Å². The summed E-state index contributed by atoms with van der Waals surface area (Å²) >= 11 is 0.